The second-order valence-corrected chi connectivity index (χ2v) is 6.35. The molecular weight excluding hydrogens is 369 g/mol. The molecule has 1 N–H and O–H groups in total. The van der Waals surface area contributed by atoms with E-state index in [4.69, 9.17) is 0 Å². The molecule has 4 rings (SSSR count). The number of pyridine rings is 1. The number of carbonyl (C=O) groups is 1. The summed E-state index contributed by atoms with van der Waals surface area (Å²) in [5, 5.41) is 6.20. The van der Waals surface area contributed by atoms with Crippen molar-refractivity contribution in [1.29, 1.82) is 0 Å². The van der Waals surface area contributed by atoms with E-state index in [1.54, 1.807) is 13.0 Å². The van der Waals surface area contributed by atoms with Gasteiger partial charge in [-0.05, 0) is 48.4 Å². The van der Waals surface area contributed by atoms with Crippen LogP contribution in [-0.4, -0.2) is 15.5 Å². The molecule has 0 bridgehead atoms. The summed E-state index contributed by atoms with van der Waals surface area (Å²) in [6.07, 6.45) is -7.52. The Bertz CT molecular complexity index is 1080. The van der Waals surface area contributed by atoms with E-state index in [2.05, 4.69) is 10.4 Å². The predicted octanol–water partition coefficient (Wildman–Crippen LogP) is 4.76. The Labute approximate surface area is 149 Å². The maximum Gasteiger partial charge on any atom is 0.435 e. The van der Waals surface area contributed by atoms with E-state index in [9.17, 15) is 26.7 Å². The highest BCUT2D eigenvalue weighted by Crippen LogP contribution is 2.38. The summed E-state index contributed by atoms with van der Waals surface area (Å²) in [4.78, 5) is 11.6. The van der Waals surface area contributed by atoms with E-state index in [0.29, 0.717) is 16.8 Å². The van der Waals surface area contributed by atoms with Crippen LogP contribution in [0.1, 0.15) is 28.8 Å². The van der Waals surface area contributed by atoms with Crippen LogP contribution in [0.3, 0.4) is 0 Å². The van der Waals surface area contributed by atoms with Crippen LogP contribution in [0.4, 0.5) is 27.6 Å². The molecule has 0 saturated carbocycles. The second-order valence-electron chi connectivity index (χ2n) is 6.35. The van der Waals surface area contributed by atoms with Gasteiger partial charge in [-0.25, -0.2) is 13.3 Å². The van der Waals surface area contributed by atoms with Gasteiger partial charge in [-0.3, -0.25) is 4.79 Å². The van der Waals surface area contributed by atoms with Crippen molar-refractivity contribution >= 4 is 17.1 Å². The molecule has 1 aliphatic heterocycles. The SMILES string of the molecule is Cc1cc(-c2c(C(F)F)ccc3cc(C(F)(F)F)nn23)cc2c1NC(=O)C2. The normalized spacial score (nSPS) is 14.1. The van der Waals surface area contributed by atoms with E-state index in [1.165, 1.54) is 12.1 Å². The molecule has 0 fully saturated rings. The summed E-state index contributed by atoms with van der Waals surface area (Å²) in [6.45, 7) is 1.69. The van der Waals surface area contributed by atoms with Gasteiger partial charge in [-0.1, -0.05) is 0 Å². The number of amides is 1. The van der Waals surface area contributed by atoms with Gasteiger partial charge in [0.15, 0.2) is 5.69 Å². The zero-order valence-electron chi connectivity index (χ0n) is 13.9. The van der Waals surface area contributed by atoms with Crippen molar-refractivity contribution in [2.24, 2.45) is 0 Å². The molecule has 4 nitrogen and oxygen atoms in total. The predicted molar refractivity (Wildman–Crippen MR) is 87.7 cm³/mol. The number of hydrogen-bond acceptors (Lipinski definition) is 2. The summed E-state index contributed by atoms with van der Waals surface area (Å²) in [5.41, 5.74) is 0.453. The molecule has 0 saturated heterocycles. The molecular formula is C18H12F5N3O. The highest BCUT2D eigenvalue weighted by Gasteiger charge is 2.35. The van der Waals surface area contributed by atoms with Gasteiger partial charge < -0.3 is 5.32 Å². The Kier molecular flexibility index (Phi) is 3.72. The first-order valence-corrected chi connectivity index (χ1v) is 7.97. The van der Waals surface area contributed by atoms with E-state index in [1.807, 2.05) is 0 Å². The fourth-order valence-electron chi connectivity index (χ4n) is 3.35. The van der Waals surface area contributed by atoms with Gasteiger partial charge in [-0.2, -0.15) is 18.3 Å². The smallest absolute Gasteiger partial charge is 0.325 e. The number of benzene rings is 1. The molecule has 0 unspecified atom stereocenters. The monoisotopic (exact) mass is 381 g/mol. The molecule has 140 valence electrons. The van der Waals surface area contributed by atoms with Crippen LogP contribution >= 0.6 is 0 Å². The maximum atomic E-state index is 13.6. The molecule has 1 aromatic carbocycles. The number of carbonyl (C=O) groups excluding carboxylic acids is 1. The lowest BCUT2D eigenvalue weighted by molar-refractivity contribution is -0.141. The van der Waals surface area contributed by atoms with Gasteiger partial charge >= 0.3 is 6.18 Å². The fourth-order valence-corrected chi connectivity index (χ4v) is 3.35. The third-order valence-electron chi connectivity index (χ3n) is 4.49. The second kappa shape index (κ2) is 5.77. The fraction of sp³-hybridized carbons (Fsp3) is 0.222. The van der Waals surface area contributed by atoms with Crippen molar-refractivity contribution < 1.29 is 26.7 Å². The maximum absolute atomic E-state index is 13.6. The first-order chi connectivity index (χ1) is 12.6. The molecule has 3 heterocycles. The number of aryl methyl sites for hydroxylation is 1. The van der Waals surface area contributed by atoms with Crippen LogP contribution < -0.4 is 5.32 Å². The average Bonchev–Trinajstić information content (AvgIpc) is 3.16. The molecule has 2 aromatic heterocycles. The van der Waals surface area contributed by atoms with E-state index < -0.39 is 23.9 Å². The Morgan fingerprint density at radius 2 is 1.93 bits per heavy atom. The zero-order valence-corrected chi connectivity index (χ0v) is 13.9. The van der Waals surface area contributed by atoms with Crippen molar-refractivity contribution in [3.63, 3.8) is 0 Å². The van der Waals surface area contributed by atoms with Crippen molar-refractivity contribution in [2.45, 2.75) is 25.9 Å². The minimum Gasteiger partial charge on any atom is -0.325 e. The van der Waals surface area contributed by atoms with Crippen LogP contribution in [0, 0.1) is 6.92 Å². The van der Waals surface area contributed by atoms with Crippen molar-refractivity contribution in [3.8, 4) is 11.3 Å². The Morgan fingerprint density at radius 3 is 2.59 bits per heavy atom. The van der Waals surface area contributed by atoms with Crippen LogP contribution in [-0.2, 0) is 17.4 Å². The van der Waals surface area contributed by atoms with Gasteiger partial charge in [0, 0.05) is 16.8 Å². The minimum absolute atomic E-state index is 0.0501. The van der Waals surface area contributed by atoms with Crippen molar-refractivity contribution in [1.82, 2.24) is 9.61 Å². The largest absolute Gasteiger partial charge is 0.435 e. The third-order valence-corrected chi connectivity index (χ3v) is 4.49. The van der Waals surface area contributed by atoms with Gasteiger partial charge in [0.2, 0.25) is 5.91 Å². The summed E-state index contributed by atoms with van der Waals surface area (Å²) >= 11 is 0. The summed E-state index contributed by atoms with van der Waals surface area (Å²) in [7, 11) is 0. The van der Waals surface area contributed by atoms with Crippen molar-refractivity contribution in [3.05, 3.63) is 52.7 Å². The summed E-state index contributed by atoms with van der Waals surface area (Å²) in [5.74, 6) is -0.226. The number of hydrogen-bond donors (Lipinski definition) is 1. The number of nitrogens with one attached hydrogen (secondary N) is 1. The van der Waals surface area contributed by atoms with Gasteiger partial charge in [0.05, 0.1) is 17.6 Å². The van der Waals surface area contributed by atoms with Crippen LogP contribution in [0.2, 0.25) is 0 Å². The number of alkyl halides is 5. The molecule has 0 atom stereocenters. The molecule has 9 heteroatoms. The molecule has 1 aliphatic rings. The van der Waals surface area contributed by atoms with E-state index in [0.717, 1.165) is 16.6 Å². The quantitative estimate of drug-likeness (QED) is 0.651. The van der Waals surface area contributed by atoms with Crippen LogP contribution in [0.25, 0.3) is 16.8 Å². The zero-order chi connectivity index (χ0) is 19.5. The topological polar surface area (TPSA) is 46.4 Å². The lowest BCUT2D eigenvalue weighted by Gasteiger charge is -2.14. The average molecular weight is 381 g/mol. The first kappa shape index (κ1) is 17.4. The lowest BCUT2D eigenvalue weighted by atomic mass is 9.98. The van der Waals surface area contributed by atoms with Crippen LogP contribution in [0.5, 0.6) is 0 Å². The Balaban J connectivity index is 2.01. The van der Waals surface area contributed by atoms with Crippen molar-refractivity contribution in [2.75, 3.05) is 5.32 Å². The first-order valence-electron chi connectivity index (χ1n) is 7.97. The Morgan fingerprint density at radius 1 is 1.19 bits per heavy atom. The molecule has 3 aromatic rings. The number of aromatic nitrogens is 2. The molecule has 27 heavy (non-hydrogen) atoms. The molecule has 0 spiro atoms. The van der Waals surface area contributed by atoms with E-state index >= 15 is 0 Å². The number of halogens is 5. The third kappa shape index (κ3) is 2.83. The lowest BCUT2D eigenvalue weighted by Crippen LogP contribution is -2.07. The standard InChI is InChI=1S/C18H12F5N3O/c1-8-4-10(5-9-6-14(27)24-15(8)9)16-12(17(19)20)3-2-11-7-13(18(21,22)23)25-26(11)16/h2-5,7,17H,6H2,1H3,(H,24,27). The van der Waals surface area contributed by atoms with Gasteiger partial charge in [0.1, 0.15) is 0 Å². The summed E-state index contributed by atoms with van der Waals surface area (Å²) < 4.78 is 67.2. The highest BCUT2D eigenvalue weighted by molar-refractivity contribution is 6.00. The molecule has 0 aliphatic carbocycles. The molecule has 1 amide bonds. The summed E-state index contributed by atoms with van der Waals surface area (Å²) in [6, 6.07) is 6.18. The Hall–Kier alpha value is -2.97. The van der Waals surface area contributed by atoms with Gasteiger partial charge in [-0.15, -0.1) is 0 Å². The number of nitrogens with zero attached hydrogens (tertiary/aromatic N) is 2. The van der Waals surface area contributed by atoms with E-state index in [-0.39, 0.29) is 29.1 Å². The number of anilines is 1. The van der Waals surface area contributed by atoms with Gasteiger partial charge in [0.25, 0.3) is 6.43 Å². The highest BCUT2D eigenvalue weighted by atomic mass is 19.4. The molecule has 0 radical (unpaired) electrons. The number of rotatable bonds is 2. The number of fused-ring (bicyclic) bond motifs is 2. The minimum atomic E-state index is -4.70. The van der Waals surface area contributed by atoms with Crippen LogP contribution in [0.15, 0.2) is 30.3 Å².